The maximum atomic E-state index is 13.7. The van der Waals surface area contributed by atoms with Crippen molar-refractivity contribution in [1.29, 1.82) is 0 Å². The molecule has 0 amide bonds. The number of nitrogens with zero attached hydrogens (tertiary/aromatic N) is 3. The van der Waals surface area contributed by atoms with Gasteiger partial charge in [0.05, 0.1) is 19.3 Å². The molecule has 0 N–H and O–H groups in total. The summed E-state index contributed by atoms with van der Waals surface area (Å²) in [6.07, 6.45) is 1.29. The molecule has 0 aliphatic rings. The number of methoxy groups -OCH3 is 1. The molecule has 7 heteroatoms. The molecule has 0 atom stereocenters. The fourth-order valence-corrected chi connectivity index (χ4v) is 2.03. The van der Waals surface area contributed by atoms with Crippen LogP contribution in [0.4, 0.5) is 8.78 Å². The summed E-state index contributed by atoms with van der Waals surface area (Å²) in [6, 6.07) is 3.94. The first-order valence-electron chi connectivity index (χ1n) is 6.52. The molecule has 0 saturated carbocycles. The fraction of sp³-hybridized carbons (Fsp3) is 0.357. The molecule has 21 heavy (non-hydrogen) atoms. The topological polar surface area (TPSA) is 57.0 Å². The maximum absolute atomic E-state index is 13.7. The van der Waals surface area contributed by atoms with E-state index in [9.17, 15) is 13.6 Å². The van der Waals surface area contributed by atoms with Crippen LogP contribution in [-0.4, -0.2) is 28.1 Å². The van der Waals surface area contributed by atoms with Gasteiger partial charge in [0.2, 0.25) is 0 Å². The second-order valence-electron chi connectivity index (χ2n) is 4.50. The van der Waals surface area contributed by atoms with Crippen LogP contribution in [0.15, 0.2) is 18.2 Å². The Bertz CT molecular complexity index is 656. The zero-order chi connectivity index (χ0) is 15.4. The van der Waals surface area contributed by atoms with Gasteiger partial charge in [0.25, 0.3) is 0 Å². The van der Waals surface area contributed by atoms with Gasteiger partial charge >= 0.3 is 5.97 Å². The summed E-state index contributed by atoms with van der Waals surface area (Å²) in [6.45, 7) is 1.93. The van der Waals surface area contributed by atoms with Crippen LogP contribution in [0.2, 0.25) is 0 Å². The van der Waals surface area contributed by atoms with Crippen molar-refractivity contribution in [1.82, 2.24) is 15.0 Å². The van der Waals surface area contributed by atoms with Gasteiger partial charge in [-0.2, -0.15) is 0 Å². The number of carbonyl (C=O) groups excluding carboxylic acids is 1. The summed E-state index contributed by atoms with van der Waals surface area (Å²) < 4.78 is 33.0. The van der Waals surface area contributed by atoms with Crippen molar-refractivity contribution < 1.29 is 18.3 Å². The third-order valence-electron chi connectivity index (χ3n) is 3.05. The highest BCUT2D eigenvalue weighted by molar-refractivity contribution is 5.88. The Hall–Kier alpha value is -2.31. The van der Waals surface area contributed by atoms with E-state index in [0.717, 1.165) is 12.5 Å². The minimum Gasteiger partial charge on any atom is -0.464 e. The van der Waals surface area contributed by atoms with Gasteiger partial charge in [-0.15, -0.1) is 5.10 Å². The lowest BCUT2D eigenvalue weighted by molar-refractivity contribution is 0.0592. The first-order valence-corrected chi connectivity index (χ1v) is 6.52. The van der Waals surface area contributed by atoms with E-state index in [-0.39, 0.29) is 17.8 Å². The largest absolute Gasteiger partial charge is 0.464 e. The van der Waals surface area contributed by atoms with Crippen LogP contribution in [0, 0.1) is 11.6 Å². The third kappa shape index (κ3) is 3.07. The number of aromatic nitrogens is 3. The predicted molar refractivity (Wildman–Crippen MR) is 70.8 cm³/mol. The second-order valence-corrected chi connectivity index (χ2v) is 4.50. The summed E-state index contributed by atoms with van der Waals surface area (Å²) in [4.78, 5) is 11.6. The quantitative estimate of drug-likeness (QED) is 0.794. The molecule has 112 valence electrons. The van der Waals surface area contributed by atoms with Crippen LogP contribution in [0.1, 0.15) is 35.1 Å². The van der Waals surface area contributed by atoms with E-state index in [0.29, 0.717) is 12.1 Å². The third-order valence-corrected chi connectivity index (χ3v) is 3.05. The Labute approximate surface area is 120 Å². The van der Waals surface area contributed by atoms with Crippen molar-refractivity contribution >= 4 is 5.97 Å². The van der Waals surface area contributed by atoms with Crippen molar-refractivity contribution in [2.75, 3.05) is 7.11 Å². The molecule has 2 rings (SSSR count). The number of benzene rings is 1. The van der Waals surface area contributed by atoms with Gasteiger partial charge in [0, 0.05) is 5.56 Å². The molecule has 0 radical (unpaired) electrons. The number of hydrogen-bond donors (Lipinski definition) is 0. The molecule has 0 spiro atoms. The Kier molecular flexibility index (Phi) is 4.62. The van der Waals surface area contributed by atoms with Crippen LogP contribution in [-0.2, 0) is 17.7 Å². The standard InChI is InChI=1S/C14H15F2N3O2/c1-3-5-11-13(14(20)21-2)17-18-19(11)8-9-6-4-7-10(15)12(9)16/h4,6-7H,3,5,8H2,1-2H3. The normalized spacial score (nSPS) is 10.7. The highest BCUT2D eigenvalue weighted by Gasteiger charge is 2.20. The van der Waals surface area contributed by atoms with E-state index in [1.54, 1.807) is 0 Å². The molecular weight excluding hydrogens is 280 g/mol. The van der Waals surface area contributed by atoms with Gasteiger partial charge in [0.1, 0.15) is 0 Å². The summed E-state index contributed by atoms with van der Waals surface area (Å²) >= 11 is 0. The smallest absolute Gasteiger partial charge is 0.360 e. The summed E-state index contributed by atoms with van der Waals surface area (Å²) in [5, 5.41) is 7.62. The molecule has 1 heterocycles. The van der Waals surface area contributed by atoms with Crippen molar-refractivity contribution in [3.05, 3.63) is 46.8 Å². The molecule has 1 aromatic carbocycles. The molecule has 2 aromatic rings. The van der Waals surface area contributed by atoms with Crippen LogP contribution < -0.4 is 0 Å². The number of ether oxygens (including phenoxy) is 1. The van der Waals surface area contributed by atoms with Crippen LogP contribution in [0.25, 0.3) is 0 Å². The van der Waals surface area contributed by atoms with Crippen molar-refractivity contribution in [3.63, 3.8) is 0 Å². The first kappa shape index (κ1) is 15.1. The molecule has 0 bridgehead atoms. The minimum atomic E-state index is -0.921. The van der Waals surface area contributed by atoms with E-state index in [1.807, 2.05) is 6.92 Å². The van der Waals surface area contributed by atoms with Crippen molar-refractivity contribution in [2.24, 2.45) is 0 Å². The second kappa shape index (κ2) is 6.43. The monoisotopic (exact) mass is 295 g/mol. The Morgan fingerprint density at radius 1 is 1.38 bits per heavy atom. The predicted octanol–water partition coefficient (Wildman–Crippen LogP) is 2.34. The highest BCUT2D eigenvalue weighted by Crippen LogP contribution is 2.16. The molecule has 0 fully saturated rings. The molecule has 0 saturated heterocycles. The number of halogens is 2. The minimum absolute atomic E-state index is 0.00290. The molecule has 0 aliphatic heterocycles. The Morgan fingerprint density at radius 3 is 2.81 bits per heavy atom. The molecule has 5 nitrogen and oxygen atoms in total. The maximum Gasteiger partial charge on any atom is 0.360 e. The summed E-state index contributed by atoms with van der Waals surface area (Å²) in [7, 11) is 1.25. The van der Waals surface area contributed by atoms with Gasteiger partial charge < -0.3 is 4.74 Å². The number of carbonyl (C=O) groups is 1. The summed E-state index contributed by atoms with van der Waals surface area (Å²) in [5.41, 5.74) is 0.804. The molecular formula is C14H15F2N3O2. The number of rotatable bonds is 5. The number of esters is 1. The van der Waals surface area contributed by atoms with E-state index < -0.39 is 17.6 Å². The summed E-state index contributed by atoms with van der Waals surface area (Å²) in [5.74, 6) is -2.43. The van der Waals surface area contributed by atoms with Gasteiger partial charge in [-0.1, -0.05) is 30.7 Å². The zero-order valence-corrected chi connectivity index (χ0v) is 11.8. The average molecular weight is 295 g/mol. The van der Waals surface area contributed by atoms with Crippen molar-refractivity contribution in [2.45, 2.75) is 26.3 Å². The molecule has 0 aliphatic carbocycles. The van der Waals surface area contributed by atoms with Gasteiger partial charge in [-0.05, 0) is 12.5 Å². The van der Waals surface area contributed by atoms with E-state index >= 15 is 0 Å². The van der Waals surface area contributed by atoms with Gasteiger partial charge in [0.15, 0.2) is 17.3 Å². The van der Waals surface area contributed by atoms with E-state index in [4.69, 9.17) is 0 Å². The molecule has 1 aromatic heterocycles. The fourth-order valence-electron chi connectivity index (χ4n) is 2.03. The lowest BCUT2D eigenvalue weighted by Gasteiger charge is -2.08. The van der Waals surface area contributed by atoms with Crippen molar-refractivity contribution in [3.8, 4) is 0 Å². The highest BCUT2D eigenvalue weighted by atomic mass is 19.2. The molecule has 0 unspecified atom stereocenters. The van der Waals surface area contributed by atoms with E-state index in [1.165, 1.54) is 23.9 Å². The van der Waals surface area contributed by atoms with Gasteiger partial charge in [-0.25, -0.2) is 18.3 Å². The SMILES string of the molecule is CCCc1c(C(=O)OC)nnn1Cc1cccc(F)c1F. The Morgan fingerprint density at radius 2 is 2.14 bits per heavy atom. The van der Waals surface area contributed by atoms with Gasteiger partial charge in [-0.3, -0.25) is 0 Å². The zero-order valence-electron chi connectivity index (χ0n) is 11.8. The number of hydrogen-bond acceptors (Lipinski definition) is 4. The average Bonchev–Trinajstić information content (AvgIpc) is 2.86. The Balaban J connectivity index is 2.38. The van der Waals surface area contributed by atoms with Crippen LogP contribution in [0.5, 0.6) is 0 Å². The van der Waals surface area contributed by atoms with E-state index in [2.05, 4.69) is 15.0 Å². The van der Waals surface area contributed by atoms with Crippen LogP contribution in [0.3, 0.4) is 0 Å². The lowest BCUT2D eigenvalue weighted by Crippen LogP contribution is -2.11. The van der Waals surface area contributed by atoms with Crippen LogP contribution >= 0.6 is 0 Å². The lowest BCUT2D eigenvalue weighted by atomic mass is 10.1. The first-order chi connectivity index (χ1) is 10.1.